The highest BCUT2D eigenvalue weighted by atomic mass is 16.5. The number of aromatic nitrogens is 2. The lowest BCUT2D eigenvalue weighted by Gasteiger charge is -2.04. The second-order valence-corrected chi connectivity index (χ2v) is 7.34. The van der Waals surface area contributed by atoms with Crippen LogP contribution in [-0.2, 0) is 27.3 Å². The van der Waals surface area contributed by atoms with Crippen LogP contribution in [0.25, 0.3) is 27.9 Å². The van der Waals surface area contributed by atoms with Crippen LogP contribution in [0.2, 0.25) is 0 Å². The first-order valence-electron chi connectivity index (χ1n) is 10.2. The van der Waals surface area contributed by atoms with E-state index in [4.69, 9.17) is 4.74 Å². The molecular formula is C25H22N4O3. The number of benzene rings is 2. The molecule has 4 rings (SSSR count). The monoisotopic (exact) mass is 426 g/mol. The highest BCUT2D eigenvalue weighted by Crippen LogP contribution is 2.24. The maximum atomic E-state index is 12.6. The summed E-state index contributed by atoms with van der Waals surface area (Å²) in [6.45, 7) is 0.452. The quantitative estimate of drug-likeness (QED) is 0.268. The number of aromatic amines is 1. The largest absolute Gasteiger partial charge is 0.468 e. The maximum Gasteiger partial charge on any atom is 0.325 e. The molecule has 0 radical (unpaired) electrons. The van der Waals surface area contributed by atoms with Crippen molar-refractivity contribution in [1.29, 1.82) is 5.26 Å². The Bertz CT molecular complexity index is 1370. The van der Waals surface area contributed by atoms with Gasteiger partial charge in [-0.05, 0) is 30.2 Å². The van der Waals surface area contributed by atoms with Gasteiger partial charge in [0.05, 0.1) is 7.11 Å². The molecule has 0 spiro atoms. The third-order valence-corrected chi connectivity index (χ3v) is 5.37. The van der Waals surface area contributed by atoms with Gasteiger partial charge in [-0.1, -0.05) is 36.4 Å². The van der Waals surface area contributed by atoms with Crippen molar-refractivity contribution in [3.63, 3.8) is 0 Å². The first-order chi connectivity index (χ1) is 15.6. The zero-order chi connectivity index (χ0) is 22.5. The van der Waals surface area contributed by atoms with E-state index in [2.05, 4.69) is 10.3 Å². The lowest BCUT2D eigenvalue weighted by Crippen LogP contribution is -2.26. The van der Waals surface area contributed by atoms with E-state index < -0.39 is 5.91 Å². The first-order valence-corrected chi connectivity index (χ1v) is 10.2. The average Bonchev–Trinajstić information content (AvgIpc) is 3.39. The summed E-state index contributed by atoms with van der Waals surface area (Å²) in [5.74, 6) is -0.811. The van der Waals surface area contributed by atoms with Gasteiger partial charge in [-0.3, -0.25) is 9.59 Å². The van der Waals surface area contributed by atoms with Crippen LogP contribution >= 0.6 is 0 Å². The molecule has 7 nitrogen and oxygen atoms in total. The Balaban J connectivity index is 1.51. The molecule has 0 aliphatic carbocycles. The van der Waals surface area contributed by atoms with Crippen molar-refractivity contribution in [3.8, 4) is 6.07 Å². The van der Waals surface area contributed by atoms with E-state index in [-0.39, 0.29) is 18.1 Å². The smallest absolute Gasteiger partial charge is 0.325 e. The van der Waals surface area contributed by atoms with Crippen LogP contribution < -0.4 is 5.32 Å². The van der Waals surface area contributed by atoms with Gasteiger partial charge in [-0.15, -0.1) is 0 Å². The average molecular weight is 426 g/mol. The Labute approximate surface area is 184 Å². The van der Waals surface area contributed by atoms with Gasteiger partial charge in [-0.2, -0.15) is 5.26 Å². The molecule has 2 heterocycles. The van der Waals surface area contributed by atoms with E-state index in [9.17, 15) is 14.9 Å². The van der Waals surface area contributed by atoms with Crippen molar-refractivity contribution >= 4 is 39.8 Å². The van der Waals surface area contributed by atoms with E-state index in [0.717, 1.165) is 27.4 Å². The second-order valence-electron chi connectivity index (χ2n) is 7.34. The van der Waals surface area contributed by atoms with E-state index in [1.165, 1.54) is 7.11 Å². The van der Waals surface area contributed by atoms with Crippen molar-refractivity contribution < 1.29 is 14.3 Å². The molecule has 0 unspecified atom stereocenters. The Hall–Kier alpha value is -4.31. The molecule has 0 bridgehead atoms. The predicted octanol–water partition coefficient (Wildman–Crippen LogP) is 3.56. The molecule has 160 valence electrons. The van der Waals surface area contributed by atoms with Crippen LogP contribution in [0.1, 0.15) is 11.1 Å². The zero-order valence-electron chi connectivity index (χ0n) is 17.6. The normalized spacial score (nSPS) is 11.4. The number of carbonyl (C=O) groups is 2. The number of hydrogen-bond donors (Lipinski definition) is 2. The van der Waals surface area contributed by atoms with Crippen LogP contribution in [0, 0.1) is 11.3 Å². The first kappa shape index (κ1) is 20.9. The molecule has 0 aliphatic rings. The number of nitrogens with zero attached hydrogens (tertiary/aromatic N) is 2. The summed E-state index contributed by atoms with van der Waals surface area (Å²) in [5, 5.41) is 14.4. The van der Waals surface area contributed by atoms with Gasteiger partial charge in [0.2, 0.25) is 0 Å². The molecule has 2 aromatic carbocycles. The molecule has 0 saturated carbocycles. The highest BCUT2D eigenvalue weighted by molar-refractivity contribution is 6.04. The molecular weight excluding hydrogens is 404 g/mol. The Morgan fingerprint density at radius 1 is 1.16 bits per heavy atom. The number of amides is 1. The summed E-state index contributed by atoms with van der Waals surface area (Å²) in [6.07, 6.45) is 5.89. The summed E-state index contributed by atoms with van der Waals surface area (Å²) in [6, 6.07) is 17.5. The fraction of sp³-hybridized carbons (Fsp3) is 0.160. The lowest BCUT2D eigenvalue weighted by molar-refractivity contribution is -0.141. The zero-order valence-corrected chi connectivity index (χ0v) is 17.6. The fourth-order valence-corrected chi connectivity index (χ4v) is 3.77. The fourth-order valence-electron chi connectivity index (χ4n) is 3.77. The standard InChI is InChI=1S/C25H22N4O3/c1-32-24(30)16-29-15-19(21-7-3-5-9-23(21)29)12-18(13-26)25(31)27-11-10-17-14-28-22-8-4-2-6-20(17)22/h2-9,12,14-15,28H,10-11,16H2,1H3,(H,27,31)/b18-12+. The number of ether oxygens (including phenoxy) is 1. The minimum Gasteiger partial charge on any atom is -0.468 e. The van der Waals surface area contributed by atoms with Crippen LogP contribution in [0.4, 0.5) is 0 Å². The Morgan fingerprint density at radius 2 is 1.91 bits per heavy atom. The molecule has 0 fully saturated rings. The predicted molar refractivity (Wildman–Crippen MR) is 123 cm³/mol. The van der Waals surface area contributed by atoms with Gasteiger partial charge in [0.25, 0.3) is 5.91 Å². The molecule has 0 atom stereocenters. The molecule has 7 heteroatoms. The number of para-hydroxylation sites is 2. The number of fused-ring (bicyclic) bond motifs is 2. The summed E-state index contributed by atoms with van der Waals surface area (Å²) >= 11 is 0. The van der Waals surface area contributed by atoms with Crippen LogP contribution in [-0.4, -0.2) is 35.1 Å². The molecule has 2 aromatic heterocycles. The van der Waals surface area contributed by atoms with Crippen molar-refractivity contribution in [2.24, 2.45) is 0 Å². The topological polar surface area (TPSA) is 99.9 Å². The number of hydrogen-bond acceptors (Lipinski definition) is 4. The Morgan fingerprint density at radius 3 is 2.69 bits per heavy atom. The minimum atomic E-state index is -0.433. The van der Waals surface area contributed by atoms with Crippen molar-refractivity contribution in [3.05, 3.63) is 77.6 Å². The number of rotatable bonds is 7. The maximum absolute atomic E-state index is 12.6. The number of nitrogens with one attached hydrogen (secondary N) is 2. The van der Waals surface area contributed by atoms with Gasteiger partial charge in [0.15, 0.2) is 0 Å². The van der Waals surface area contributed by atoms with Gasteiger partial charge in [0.1, 0.15) is 18.2 Å². The van der Waals surface area contributed by atoms with E-state index in [0.29, 0.717) is 18.5 Å². The van der Waals surface area contributed by atoms with Gasteiger partial charge < -0.3 is 19.6 Å². The molecule has 0 saturated heterocycles. The molecule has 32 heavy (non-hydrogen) atoms. The SMILES string of the molecule is COC(=O)Cn1cc(/C=C(\C#N)C(=O)NCCc2c[nH]c3ccccc23)c2ccccc21. The molecule has 4 aromatic rings. The molecule has 2 N–H and O–H groups in total. The van der Waals surface area contributed by atoms with Crippen molar-refractivity contribution in [2.75, 3.05) is 13.7 Å². The summed E-state index contributed by atoms with van der Waals surface area (Å²) < 4.78 is 6.51. The summed E-state index contributed by atoms with van der Waals surface area (Å²) in [7, 11) is 1.34. The summed E-state index contributed by atoms with van der Waals surface area (Å²) in [4.78, 5) is 27.6. The highest BCUT2D eigenvalue weighted by Gasteiger charge is 2.14. The Kier molecular flexibility index (Phi) is 6.04. The van der Waals surface area contributed by atoms with Gasteiger partial charge in [0, 0.05) is 46.3 Å². The minimum absolute atomic E-state index is 0.00453. The van der Waals surface area contributed by atoms with Crippen molar-refractivity contribution in [1.82, 2.24) is 14.9 Å². The number of nitriles is 1. The lowest BCUT2D eigenvalue weighted by atomic mass is 10.1. The van der Waals surface area contributed by atoms with Gasteiger partial charge >= 0.3 is 5.97 Å². The third kappa shape index (κ3) is 4.25. The van der Waals surface area contributed by atoms with Crippen LogP contribution in [0.15, 0.2) is 66.5 Å². The molecule has 1 amide bonds. The van der Waals surface area contributed by atoms with Crippen LogP contribution in [0.3, 0.4) is 0 Å². The second kappa shape index (κ2) is 9.23. The summed E-state index contributed by atoms with van der Waals surface area (Å²) in [5.41, 5.74) is 3.67. The number of esters is 1. The van der Waals surface area contributed by atoms with Crippen LogP contribution in [0.5, 0.6) is 0 Å². The number of carbonyl (C=O) groups excluding carboxylic acids is 2. The third-order valence-electron chi connectivity index (χ3n) is 5.37. The van der Waals surface area contributed by atoms with E-state index in [1.54, 1.807) is 16.8 Å². The number of H-pyrrole nitrogens is 1. The van der Waals surface area contributed by atoms with E-state index >= 15 is 0 Å². The number of methoxy groups -OCH3 is 1. The van der Waals surface area contributed by atoms with Crippen molar-refractivity contribution in [2.45, 2.75) is 13.0 Å². The van der Waals surface area contributed by atoms with E-state index in [1.807, 2.05) is 60.8 Å². The van der Waals surface area contributed by atoms with Gasteiger partial charge in [-0.25, -0.2) is 0 Å². The molecule has 0 aliphatic heterocycles.